The van der Waals surface area contributed by atoms with Crippen molar-refractivity contribution in [2.45, 2.75) is 32.2 Å². The summed E-state index contributed by atoms with van der Waals surface area (Å²) >= 11 is 0. The van der Waals surface area contributed by atoms with Crippen LogP contribution in [0.1, 0.15) is 41.7 Å². The molecule has 94 valence electrons. The zero-order valence-corrected chi connectivity index (χ0v) is 10.5. The van der Waals surface area contributed by atoms with Gasteiger partial charge < -0.3 is 10.3 Å². The van der Waals surface area contributed by atoms with Gasteiger partial charge in [0.2, 0.25) is 5.89 Å². The quantitative estimate of drug-likeness (QED) is 0.895. The maximum Gasteiger partial charge on any atom is 0.248 e. The topological polar surface area (TPSA) is 64.9 Å². The molecule has 3 rings (SSSR count). The van der Waals surface area contributed by atoms with Crippen molar-refractivity contribution in [1.29, 1.82) is 0 Å². The van der Waals surface area contributed by atoms with Crippen LogP contribution in [0.2, 0.25) is 0 Å². The Morgan fingerprint density at radius 1 is 1.33 bits per heavy atom. The maximum atomic E-state index is 6.13. The molecule has 0 radical (unpaired) electrons. The van der Waals surface area contributed by atoms with Crippen LogP contribution in [0.15, 0.2) is 28.8 Å². The third-order valence-corrected chi connectivity index (χ3v) is 3.35. The lowest BCUT2D eigenvalue weighted by molar-refractivity contribution is 0.362. The van der Waals surface area contributed by atoms with Gasteiger partial charge in [-0.2, -0.15) is 4.98 Å². The first kappa shape index (κ1) is 11.4. The molecule has 18 heavy (non-hydrogen) atoms. The van der Waals surface area contributed by atoms with Gasteiger partial charge in [-0.15, -0.1) is 0 Å². The molecule has 1 saturated carbocycles. The van der Waals surface area contributed by atoms with Gasteiger partial charge in [0.25, 0.3) is 0 Å². The Morgan fingerprint density at radius 3 is 2.72 bits per heavy atom. The molecule has 0 spiro atoms. The average Bonchev–Trinajstić information content (AvgIpc) is 3.05. The van der Waals surface area contributed by atoms with Crippen LogP contribution >= 0.6 is 0 Å². The molecule has 0 amide bonds. The van der Waals surface area contributed by atoms with Crippen molar-refractivity contribution in [1.82, 2.24) is 10.1 Å². The summed E-state index contributed by atoms with van der Waals surface area (Å²) in [5.74, 6) is 2.05. The first-order chi connectivity index (χ1) is 8.72. The Bertz CT molecular complexity index is 528. The van der Waals surface area contributed by atoms with Crippen molar-refractivity contribution in [2.24, 2.45) is 11.7 Å². The normalized spacial score (nSPS) is 16.8. The van der Waals surface area contributed by atoms with Crippen molar-refractivity contribution in [3.63, 3.8) is 0 Å². The van der Waals surface area contributed by atoms with E-state index in [0.717, 1.165) is 23.7 Å². The number of nitrogens with zero attached hydrogens (tertiary/aromatic N) is 2. The zero-order chi connectivity index (χ0) is 12.5. The Labute approximate surface area is 106 Å². The number of nitrogens with two attached hydrogens (primary N) is 1. The van der Waals surface area contributed by atoms with Crippen molar-refractivity contribution in [2.75, 3.05) is 0 Å². The van der Waals surface area contributed by atoms with E-state index < -0.39 is 0 Å². The van der Waals surface area contributed by atoms with E-state index in [0.29, 0.717) is 5.89 Å². The standard InChI is InChI=1S/C14H17N3O/c1-9-2-6-11(7-3-9)13(15)14-16-12(17-18-14)8-10-4-5-10/h2-3,6-7,10,13H,4-5,8,15H2,1H3. The minimum absolute atomic E-state index is 0.328. The van der Waals surface area contributed by atoms with Gasteiger partial charge in [0.05, 0.1) is 0 Å². The first-order valence-electron chi connectivity index (χ1n) is 6.37. The van der Waals surface area contributed by atoms with Crippen LogP contribution in [-0.2, 0) is 6.42 Å². The highest BCUT2D eigenvalue weighted by Gasteiger charge is 2.25. The highest BCUT2D eigenvalue weighted by atomic mass is 16.5. The van der Waals surface area contributed by atoms with Gasteiger partial charge in [-0.05, 0) is 31.2 Å². The molecule has 2 N–H and O–H groups in total. The molecular formula is C14H17N3O. The lowest BCUT2D eigenvalue weighted by atomic mass is 10.1. The Hall–Kier alpha value is -1.68. The summed E-state index contributed by atoms with van der Waals surface area (Å²) in [4.78, 5) is 4.39. The van der Waals surface area contributed by atoms with Gasteiger partial charge in [0.15, 0.2) is 5.82 Å². The van der Waals surface area contributed by atoms with Gasteiger partial charge in [0.1, 0.15) is 6.04 Å². The number of benzene rings is 1. The summed E-state index contributed by atoms with van der Waals surface area (Å²) in [6.07, 6.45) is 3.49. The Balaban J connectivity index is 1.76. The highest BCUT2D eigenvalue weighted by molar-refractivity contribution is 5.26. The Kier molecular flexibility index (Phi) is 2.88. The number of aromatic nitrogens is 2. The van der Waals surface area contributed by atoms with Crippen LogP contribution in [0.5, 0.6) is 0 Å². The third kappa shape index (κ3) is 2.43. The van der Waals surface area contributed by atoms with E-state index in [1.54, 1.807) is 0 Å². The second-order valence-corrected chi connectivity index (χ2v) is 5.08. The fourth-order valence-electron chi connectivity index (χ4n) is 1.97. The monoisotopic (exact) mass is 243 g/mol. The van der Waals surface area contributed by atoms with Crippen molar-refractivity contribution in [3.8, 4) is 0 Å². The van der Waals surface area contributed by atoms with E-state index in [1.165, 1.54) is 18.4 Å². The van der Waals surface area contributed by atoms with Gasteiger partial charge in [-0.1, -0.05) is 35.0 Å². The number of rotatable bonds is 4. The predicted molar refractivity (Wildman–Crippen MR) is 67.9 cm³/mol. The van der Waals surface area contributed by atoms with Crippen LogP contribution in [0.25, 0.3) is 0 Å². The van der Waals surface area contributed by atoms with E-state index in [-0.39, 0.29) is 6.04 Å². The fourth-order valence-corrected chi connectivity index (χ4v) is 1.97. The summed E-state index contributed by atoms with van der Waals surface area (Å²) < 4.78 is 5.25. The molecule has 0 bridgehead atoms. The molecule has 1 heterocycles. The summed E-state index contributed by atoms with van der Waals surface area (Å²) in [7, 11) is 0. The van der Waals surface area contributed by atoms with E-state index in [9.17, 15) is 0 Å². The molecule has 0 saturated heterocycles. The van der Waals surface area contributed by atoms with Crippen LogP contribution < -0.4 is 5.73 Å². The molecule has 1 aromatic carbocycles. The van der Waals surface area contributed by atoms with E-state index in [2.05, 4.69) is 17.1 Å². The summed E-state index contributed by atoms with van der Waals surface area (Å²) in [5.41, 5.74) is 8.35. The molecule has 1 fully saturated rings. The molecule has 1 aromatic heterocycles. The summed E-state index contributed by atoms with van der Waals surface area (Å²) in [6, 6.07) is 7.76. The molecule has 2 aromatic rings. The number of aryl methyl sites for hydroxylation is 1. The smallest absolute Gasteiger partial charge is 0.248 e. The second kappa shape index (κ2) is 4.53. The minimum Gasteiger partial charge on any atom is -0.337 e. The van der Waals surface area contributed by atoms with Crippen molar-refractivity contribution < 1.29 is 4.52 Å². The van der Waals surface area contributed by atoms with E-state index in [1.807, 2.05) is 24.3 Å². The molecule has 0 aliphatic heterocycles. The summed E-state index contributed by atoms with van der Waals surface area (Å²) in [5, 5.41) is 3.99. The van der Waals surface area contributed by atoms with Gasteiger partial charge >= 0.3 is 0 Å². The van der Waals surface area contributed by atoms with E-state index in [4.69, 9.17) is 10.3 Å². The molecule has 1 atom stereocenters. The van der Waals surface area contributed by atoms with Gasteiger partial charge in [0, 0.05) is 6.42 Å². The van der Waals surface area contributed by atoms with Crippen LogP contribution in [-0.4, -0.2) is 10.1 Å². The molecule has 1 aliphatic carbocycles. The van der Waals surface area contributed by atoms with Crippen molar-refractivity contribution in [3.05, 3.63) is 47.1 Å². The third-order valence-electron chi connectivity index (χ3n) is 3.35. The Morgan fingerprint density at radius 2 is 2.06 bits per heavy atom. The molecule has 1 aliphatic rings. The maximum absolute atomic E-state index is 6.13. The van der Waals surface area contributed by atoms with Gasteiger partial charge in [-0.25, -0.2) is 0 Å². The highest BCUT2D eigenvalue weighted by Crippen LogP contribution is 2.32. The minimum atomic E-state index is -0.328. The number of hydrogen-bond donors (Lipinski definition) is 1. The zero-order valence-electron chi connectivity index (χ0n) is 10.5. The largest absolute Gasteiger partial charge is 0.337 e. The second-order valence-electron chi connectivity index (χ2n) is 5.08. The lowest BCUT2D eigenvalue weighted by Gasteiger charge is -2.06. The van der Waals surface area contributed by atoms with Crippen molar-refractivity contribution >= 4 is 0 Å². The average molecular weight is 243 g/mol. The predicted octanol–water partition coefficient (Wildman–Crippen LogP) is 2.38. The van der Waals surface area contributed by atoms with E-state index >= 15 is 0 Å². The molecule has 1 unspecified atom stereocenters. The lowest BCUT2D eigenvalue weighted by Crippen LogP contribution is -2.12. The van der Waals surface area contributed by atoms with Crippen LogP contribution in [0.3, 0.4) is 0 Å². The van der Waals surface area contributed by atoms with Gasteiger partial charge in [-0.3, -0.25) is 0 Å². The molecular weight excluding hydrogens is 226 g/mol. The molecule has 4 heteroatoms. The SMILES string of the molecule is Cc1ccc(C(N)c2nc(CC3CC3)no2)cc1. The fraction of sp³-hybridized carbons (Fsp3) is 0.429. The number of hydrogen-bond acceptors (Lipinski definition) is 4. The van der Waals surface area contributed by atoms with Crippen LogP contribution in [0, 0.1) is 12.8 Å². The molecule has 4 nitrogen and oxygen atoms in total. The summed E-state index contributed by atoms with van der Waals surface area (Å²) in [6.45, 7) is 2.05. The van der Waals surface area contributed by atoms with Crippen LogP contribution in [0.4, 0.5) is 0 Å². The first-order valence-corrected chi connectivity index (χ1v) is 6.37.